The van der Waals surface area contributed by atoms with Crippen LogP contribution in [0.2, 0.25) is 0 Å². The van der Waals surface area contributed by atoms with E-state index in [2.05, 4.69) is 17.2 Å². The van der Waals surface area contributed by atoms with Crippen LogP contribution in [0.5, 0.6) is 0 Å². The van der Waals surface area contributed by atoms with Gasteiger partial charge < -0.3 is 9.73 Å². The second-order valence-corrected chi connectivity index (χ2v) is 3.31. The first kappa shape index (κ1) is 8.35. The Hall–Kier alpha value is -1.25. The van der Waals surface area contributed by atoms with Crippen LogP contribution in [-0.2, 0) is 0 Å². The minimum absolute atomic E-state index is 0.229. The minimum atomic E-state index is 0.229. The maximum atomic E-state index is 5.29. The number of nitrogens with zero attached hydrogens (tertiary/aromatic N) is 1. The van der Waals surface area contributed by atoms with E-state index in [1.807, 2.05) is 12.1 Å². The van der Waals surface area contributed by atoms with E-state index in [0.717, 1.165) is 24.6 Å². The molecule has 0 amide bonds. The quantitative estimate of drug-likeness (QED) is 0.753. The average molecular weight is 178 g/mol. The van der Waals surface area contributed by atoms with Gasteiger partial charge in [0.15, 0.2) is 0 Å². The van der Waals surface area contributed by atoms with Crippen molar-refractivity contribution in [3.8, 4) is 0 Å². The lowest BCUT2D eigenvalue weighted by Crippen LogP contribution is -2.24. The molecule has 1 aliphatic rings. The van der Waals surface area contributed by atoms with Gasteiger partial charge in [0, 0.05) is 13.0 Å². The zero-order valence-corrected chi connectivity index (χ0v) is 7.79. The molecule has 1 aromatic rings. The van der Waals surface area contributed by atoms with Crippen molar-refractivity contribution in [2.45, 2.75) is 25.8 Å². The van der Waals surface area contributed by atoms with Gasteiger partial charge in [-0.25, -0.2) is 0 Å². The third kappa shape index (κ3) is 1.91. The SMILES string of the molecule is C[C@@H](NC1=NCCC1)c1ccco1. The minimum Gasteiger partial charge on any atom is -0.467 e. The van der Waals surface area contributed by atoms with Gasteiger partial charge in [-0.1, -0.05) is 0 Å². The Labute approximate surface area is 77.9 Å². The largest absolute Gasteiger partial charge is 0.467 e. The summed E-state index contributed by atoms with van der Waals surface area (Å²) in [6.45, 7) is 3.05. The zero-order valence-electron chi connectivity index (χ0n) is 7.79. The Kier molecular flexibility index (Phi) is 2.34. The van der Waals surface area contributed by atoms with Gasteiger partial charge >= 0.3 is 0 Å². The Bertz CT molecular complexity index is 290. The molecular weight excluding hydrogens is 164 g/mol. The first-order valence-electron chi connectivity index (χ1n) is 4.69. The van der Waals surface area contributed by atoms with Crippen LogP contribution < -0.4 is 5.32 Å². The van der Waals surface area contributed by atoms with Crippen molar-refractivity contribution in [3.63, 3.8) is 0 Å². The molecule has 2 heterocycles. The van der Waals surface area contributed by atoms with Crippen molar-refractivity contribution >= 4 is 5.84 Å². The number of aliphatic imine (C=N–C) groups is 1. The van der Waals surface area contributed by atoms with Gasteiger partial charge in [-0.15, -0.1) is 0 Å². The van der Waals surface area contributed by atoms with Gasteiger partial charge in [-0.3, -0.25) is 4.99 Å². The standard InChI is InChI=1S/C10H14N2O/c1-8(9-4-3-7-13-9)12-10-5-2-6-11-10/h3-4,7-8H,2,5-6H2,1H3,(H,11,12)/t8-/m1/s1. The maximum absolute atomic E-state index is 5.29. The summed E-state index contributed by atoms with van der Waals surface area (Å²) in [5.74, 6) is 2.08. The molecule has 0 saturated carbocycles. The second kappa shape index (κ2) is 3.64. The van der Waals surface area contributed by atoms with Gasteiger partial charge in [0.05, 0.1) is 18.1 Å². The van der Waals surface area contributed by atoms with Crippen LogP contribution in [0.1, 0.15) is 31.6 Å². The number of amidine groups is 1. The van der Waals surface area contributed by atoms with E-state index in [9.17, 15) is 0 Å². The summed E-state index contributed by atoms with van der Waals surface area (Å²) < 4.78 is 5.29. The second-order valence-electron chi connectivity index (χ2n) is 3.31. The molecule has 0 saturated heterocycles. The highest BCUT2D eigenvalue weighted by molar-refractivity contribution is 5.83. The van der Waals surface area contributed by atoms with Crippen LogP contribution in [0.15, 0.2) is 27.8 Å². The average Bonchev–Trinajstić information content (AvgIpc) is 2.74. The van der Waals surface area contributed by atoms with Crippen LogP contribution in [0, 0.1) is 0 Å². The van der Waals surface area contributed by atoms with E-state index in [-0.39, 0.29) is 6.04 Å². The van der Waals surface area contributed by atoms with E-state index in [1.54, 1.807) is 6.26 Å². The van der Waals surface area contributed by atoms with Gasteiger partial charge in [0.2, 0.25) is 0 Å². The number of hydrogen-bond donors (Lipinski definition) is 1. The summed E-state index contributed by atoms with van der Waals surface area (Å²) >= 11 is 0. The Morgan fingerprint density at radius 1 is 1.62 bits per heavy atom. The highest BCUT2D eigenvalue weighted by Gasteiger charge is 2.12. The molecule has 0 unspecified atom stereocenters. The van der Waals surface area contributed by atoms with E-state index in [1.165, 1.54) is 6.42 Å². The summed E-state index contributed by atoms with van der Waals surface area (Å²) in [5, 5.41) is 3.34. The monoisotopic (exact) mass is 178 g/mol. The molecule has 13 heavy (non-hydrogen) atoms. The lowest BCUT2D eigenvalue weighted by molar-refractivity contribution is 0.462. The number of furan rings is 1. The first-order chi connectivity index (χ1) is 6.36. The summed E-state index contributed by atoms with van der Waals surface area (Å²) in [4.78, 5) is 4.35. The van der Waals surface area contributed by atoms with Gasteiger partial charge in [0.25, 0.3) is 0 Å². The topological polar surface area (TPSA) is 37.5 Å². The molecule has 0 aromatic carbocycles. The molecule has 0 aliphatic carbocycles. The molecule has 1 atom stereocenters. The fourth-order valence-corrected chi connectivity index (χ4v) is 1.52. The third-order valence-electron chi connectivity index (χ3n) is 2.23. The fraction of sp³-hybridized carbons (Fsp3) is 0.500. The van der Waals surface area contributed by atoms with E-state index in [4.69, 9.17) is 4.42 Å². The molecular formula is C10H14N2O. The van der Waals surface area contributed by atoms with Crippen LogP contribution in [0.3, 0.4) is 0 Å². The maximum Gasteiger partial charge on any atom is 0.125 e. The Morgan fingerprint density at radius 3 is 3.15 bits per heavy atom. The van der Waals surface area contributed by atoms with Crippen molar-refractivity contribution in [2.24, 2.45) is 4.99 Å². The molecule has 70 valence electrons. The molecule has 0 radical (unpaired) electrons. The summed E-state index contributed by atoms with van der Waals surface area (Å²) in [6, 6.07) is 4.11. The van der Waals surface area contributed by atoms with Crippen molar-refractivity contribution in [1.29, 1.82) is 0 Å². The Morgan fingerprint density at radius 2 is 2.54 bits per heavy atom. The molecule has 1 aromatic heterocycles. The lowest BCUT2D eigenvalue weighted by Gasteiger charge is -2.11. The first-order valence-corrected chi connectivity index (χ1v) is 4.69. The molecule has 2 rings (SSSR count). The van der Waals surface area contributed by atoms with E-state index < -0.39 is 0 Å². The van der Waals surface area contributed by atoms with Crippen LogP contribution in [-0.4, -0.2) is 12.4 Å². The number of nitrogens with one attached hydrogen (secondary N) is 1. The Balaban J connectivity index is 1.95. The summed E-state index contributed by atoms with van der Waals surface area (Å²) in [6.07, 6.45) is 3.95. The molecule has 0 bridgehead atoms. The summed E-state index contributed by atoms with van der Waals surface area (Å²) in [7, 11) is 0. The van der Waals surface area contributed by atoms with Crippen molar-refractivity contribution in [2.75, 3.05) is 6.54 Å². The van der Waals surface area contributed by atoms with Crippen LogP contribution in [0.25, 0.3) is 0 Å². The van der Waals surface area contributed by atoms with Crippen LogP contribution >= 0.6 is 0 Å². The zero-order chi connectivity index (χ0) is 9.10. The molecule has 3 nitrogen and oxygen atoms in total. The van der Waals surface area contributed by atoms with E-state index >= 15 is 0 Å². The molecule has 0 fully saturated rings. The van der Waals surface area contributed by atoms with Gasteiger partial charge in [0.1, 0.15) is 5.76 Å². The molecule has 1 N–H and O–H groups in total. The highest BCUT2D eigenvalue weighted by atomic mass is 16.3. The smallest absolute Gasteiger partial charge is 0.125 e. The number of rotatable bonds is 2. The van der Waals surface area contributed by atoms with Crippen molar-refractivity contribution in [1.82, 2.24) is 5.32 Å². The van der Waals surface area contributed by atoms with Gasteiger partial charge in [-0.05, 0) is 25.5 Å². The normalized spacial score (nSPS) is 18.4. The van der Waals surface area contributed by atoms with Crippen LogP contribution in [0.4, 0.5) is 0 Å². The van der Waals surface area contributed by atoms with Crippen molar-refractivity contribution in [3.05, 3.63) is 24.2 Å². The van der Waals surface area contributed by atoms with E-state index in [0.29, 0.717) is 0 Å². The van der Waals surface area contributed by atoms with Gasteiger partial charge in [-0.2, -0.15) is 0 Å². The molecule has 3 heteroatoms. The molecule has 1 aliphatic heterocycles. The highest BCUT2D eigenvalue weighted by Crippen LogP contribution is 2.13. The lowest BCUT2D eigenvalue weighted by atomic mass is 10.2. The predicted molar refractivity (Wildman–Crippen MR) is 51.8 cm³/mol. The van der Waals surface area contributed by atoms with Crippen molar-refractivity contribution < 1.29 is 4.42 Å². The third-order valence-corrected chi connectivity index (χ3v) is 2.23. The summed E-state index contributed by atoms with van der Waals surface area (Å²) in [5.41, 5.74) is 0. The number of hydrogen-bond acceptors (Lipinski definition) is 3. The predicted octanol–water partition coefficient (Wildman–Crippen LogP) is 2.12. The fourth-order valence-electron chi connectivity index (χ4n) is 1.52. The molecule has 0 spiro atoms.